The number of hydrogen-bond acceptors (Lipinski definition) is 6. The van der Waals surface area contributed by atoms with Crippen LogP contribution in [0.3, 0.4) is 0 Å². The van der Waals surface area contributed by atoms with Crippen LogP contribution in [0.2, 0.25) is 0 Å². The van der Waals surface area contributed by atoms with Crippen LogP contribution in [-0.2, 0) is 22.4 Å². The quantitative estimate of drug-likeness (QED) is 0.556. The standard InChI is InChI=1S/C25H28N2O4/c1-17-23(27-24(31-17)19-6-4-3-5-7-19)12-13-30-22-10-8-18(9-11-22)14-21-15-20(16-26-21)25(28)29-2/h3-11,20-21,26H,12-16H2,1-2H3/t20-,21+/m0/s1. The van der Waals surface area contributed by atoms with E-state index in [2.05, 4.69) is 22.4 Å². The molecule has 2 atom stereocenters. The van der Waals surface area contributed by atoms with Crippen molar-refractivity contribution >= 4 is 5.97 Å². The van der Waals surface area contributed by atoms with Gasteiger partial charge in [-0.25, -0.2) is 4.98 Å². The molecule has 1 saturated heterocycles. The summed E-state index contributed by atoms with van der Waals surface area (Å²) < 4.78 is 16.6. The zero-order chi connectivity index (χ0) is 21.6. The third-order valence-electron chi connectivity index (χ3n) is 5.68. The van der Waals surface area contributed by atoms with E-state index in [0.29, 0.717) is 31.5 Å². The third kappa shape index (κ3) is 5.33. The molecule has 31 heavy (non-hydrogen) atoms. The molecular weight excluding hydrogens is 392 g/mol. The minimum absolute atomic E-state index is 0.0417. The second-order valence-corrected chi connectivity index (χ2v) is 7.90. The summed E-state index contributed by atoms with van der Waals surface area (Å²) in [5.41, 5.74) is 3.11. The lowest BCUT2D eigenvalue weighted by Gasteiger charge is -2.11. The van der Waals surface area contributed by atoms with Gasteiger partial charge >= 0.3 is 5.97 Å². The van der Waals surface area contributed by atoms with Gasteiger partial charge in [0.05, 0.1) is 25.3 Å². The van der Waals surface area contributed by atoms with Crippen LogP contribution in [-0.4, -0.2) is 37.3 Å². The number of esters is 1. The molecule has 3 aromatic rings. The first-order valence-corrected chi connectivity index (χ1v) is 10.7. The van der Waals surface area contributed by atoms with Crippen LogP contribution >= 0.6 is 0 Å². The summed E-state index contributed by atoms with van der Waals surface area (Å²) in [6, 6.07) is 18.3. The summed E-state index contributed by atoms with van der Waals surface area (Å²) in [6.07, 6.45) is 2.38. The van der Waals surface area contributed by atoms with Gasteiger partial charge in [-0.05, 0) is 49.6 Å². The SMILES string of the molecule is COC(=O)[C@@H]1CN[C@H](Cc2ccc(OCCc3nc(-c4ccccc4)oc3C)cc2)C1. The van der Waals surface area contributed by atoms with Crippen molar-refractivity contribution in [1.29, 1.82) is 0 Å². The number of ether oxygens (including phenoxy) is 2. The Bertz CT molecular complexity index is 998. The van der Waals surface area contributed by atoms with Crippen molar-refractivity contribution in [1.82, 2.24) is 10.3 Å². The monoisotopic (exact) mass is 420 g/mol. The Kier molecular flexibility index (Phi) is 6.67. The van der Waals surface area contributed by atoms with Crippen LogP contribution in [0.5, 0.6) is 5.75 Å². The Balaban J connectivity index is 1.26. The second-order valence-electron chi connectivity index (χ2n) is 7.90. The van der Waals surface area contributed by atoms with E-state index < -0.39 is 0 Å². The topological polar surface area (TPSA) is 73.6 Å². The van der Waals surface area contributed by atoms with E-state index >= 15 is 0 Å². The number of hydrogen-bond donors (Lipinski definition) is 1. The van der Waals surface area contributed by atoms with Gasteiger partial charge in [-0.2, -0.15) is 0 Å². The maximum absolute atomic E-state index is 11.7. The number of carbonyl (C=O) groups is 1. The molecule has 0 saturated carbocycles. The van der Waals surface area contributed by atoms with Crippen molar-refractivity contribution in [3.8, 4) is 17.2 Å². The molecule has 1 N–H and O–H groups in total. The van der Waals surface area contributed by atoms with E-state index in [1.54, 1.807) is 0 Å². The molecule has 162 valence electrons. The molecule has 0 aliphatic carbocycles. The summed E-state index contributed by atoms with van der Waals surface area (Å²) in [6.45, 7) is 3.16. The largest absolute Gasteiger partial charge is 0.493 e. The fraction of sp³-hybridized carbons (Fsp3) is 0.360. The normalized spacial score (nSPS) is 18.1. The van der Waals surface area contributed by atoms with Gasteiger partial charge < -0.3 is 19.2 Å². The highest BCUT2D eigenvalue weighted by molar-refractivity contribution is 5.73. The van der Waals surface area contributed by atoms with E-state index in [0.717, 1.165) is 35.6 Å². The molecule has 1 fully saturated rings. The number of nitrogens with zero attached hydrogens (tertiary/aromatic N) is 1. The van der Waals surface area contributed by atoms with E-state index in [9.17, 15) is 4.79 Å². The Morgan fingerprint density at radius 1 is 1.16 bits per heavy atom. The third-order valence-corrected chi connectivity index (χ3v) is 5.68. The molecule has 0 spiro atoms. The Hall–Kier alpha value is -3.12. The number of carbonyl (C=O) groups excluding carboxylic acids is 1. The van der Waals surface area contributed by atoms with Crippen molar-refractivity contribution in [2.45, 2.75) is 32.2 Å². The second kappa shape index (κ2) is 9.79. The number of aromatic nitrogens is 1. The molecule has 1 aromatic heterocycles. The summed E-state index contributed by atoms with van der Waals surface area (Å²) in [5, 5.41) is 3.41. The highest BCUT2D eigenvalue weighted by atomic mass is 16.5. The van der Waals surface area contributed by atoms with Gasteiger partial charge in [0.1, 0.15) is 11.5 Å². The summed E-state index contributed by atoms with van der Waals surface area (Å²) in [4.78, 5) is 16.3. The van der Waals surface area contributed by atoms with Gasteiger partial charge in [0.2, 0.25) is 5.89 Å². The summed E-state index contributed by atoms with van der Waals surface area (Å²) >= 11 is 0. The highest BCUT2D eigenvalue weighted by Gasteiger charge is 2.30. The molecule has 1 aliphatic heterocycles. The van der Waals surface area contributed by atoms with Gasteiger partial charge in [-0.15, -0.1) is 0 Å². The lowest BCUT2D eigenvalue weighted by Crippen LogP contribution is -2.23. The molecule has 0 radical (unpaired) electrons. The zero-order valence-electron chi connectivity index (χ0n) is 18.0. The van der Waals surface area contributed by atoms with Crippen molar-refractivity contribution in [2.75, 3.05) is 20.3 Å². The van der Waals surface area contributed by atoms with Crippen molar-refractivity contribution in [3.05, 3.63) is 71.6 Å². The maximum Gasteiger partial charge on any atom is 0.310 e. The zero-order valence-corrected chi connectivity index (χ0v) is 18.0. The first-order valence-electron chi connectivity index (χ1n) is 10.7. The maximum atomic E-state index is 11.7. The average Bonchev–Trinajstić information content (AvgIpc) is 3.42. The van der Waals surface area contributed by atoms with E-state index in [1.165, 1.54) is 12.7 Å². The van der Waals surface area contributed by atoms with Gasteiger partial charge in [-0.3, -0.25) is 4.79 Å². The summed E-state index contributed by atoms with van der Waals surface area (Å²) in [7, 11) is 1.44. The molecule has 6 nitrogen and oxygen atoms in total. The minimum Gasteiger partial charge on any atom is -0.493 e. The van der Waals surface area contributed by atoms with Crippen molar-refractivity contribution < 1.29 is 18.7 Å². The number of nitrogens with one attached hydrogen (secondary N) is 1. The fourth-order valence-electron chi connectivity index (χ4n) is 3.96. The molecule has 2 aromatic carbocycles. The van der Waals surface area contributed by atoms with Gasteiger partial charge in [0.25, 0.3) is 0 Å². The lowest BCUT2D eigenvalue weighted by molar-refractivity contribution is -0.144. The molecule has 0 bridgehead atoms. The van der Waals surface area contributed by atoms with E-state index in [-0.39, 0.29) is 11.9 Å². The highest BCUT2D eigenvalue weighted by Crippen LogP contribution is 2.23. The Labute approximate surface area is 182 Å². The van der Waals surface area contributed by atoms with Crippen LogP contribution in [0, 0.1) is 12.8 Å². The van der Waals surface area contributed by atoms with Crippen LogP contribution in [0.15, 0.2) is 59.0 Å². The Morgan fingerprint density at radius 3 is 2.68 bits per heavy atom. The minimum atomic E-state index is -0.128. The van der Waals surface area contributed by atoms with E-state index in [4.69, 9.17) is 13.9 Å². The van der Waals surface area contributed by atoms with Gasteiger partial charge in [0.15, 0.2) is 0 Å². The first-order chi connectivity index (χ1) is 15.1. The van der Waals surface area contributed by atoms with Crippen LogP contribution in [0.25, 0.3) is 11.5 Å². The molecule has 2 heterocycles. The van der Waals surface area contributed by atoms with Gasteiger partial charge in [0, 0.05) is 24.6 Å². The number of rotatable bonds is 8. The van der Waals surface area contributed by atoms with Crippen molar-refractivity contribution in [2.24, 2.45) is 5.92 Å². The number of benzene rings is 2. The predicted octanol–water partition coefficient (Wildman–Crippen LogP) is 3.97. The van der Waals surface area contributed by atoms with Crippen molar-refractivity contribution in [3.63, 3.8) is 0 Å². The molecular formula is C25H28N2O4. The van der Waals surface area contributed by atoms with Gasteiger partial charge in [-0.1, -0.05) is 30.3 Å². The number of oxazole rings is 1. The molecule has 6 heteroatoms. The fourth-order valence-corrected chi connectivity index (χ4v) is 3.96. The Morgan fingerprint density at radius 2 is 1.94 bits per heavy atom. The first kappa shape index (κ1) is 21.1. The molecule has 0 unspecified atom stereocenters. The van der Waals surface area contributed by atoms with Crippen LogP contribution < -0.4 is 10.1 Å². The molecule has 0 amide bonds. The molecule has 1 aliphatic rings. The van der Waals surface area contributed by atoms with Crippen LogP contribution in [0.1, 0.15) is 23.4 Å². The average molecular weight is 421 g/mol. The smallest absolute Gasteiger partial charge is 0.310 e. The summed E-state index contributed by atoms with van der Waals surface area (Å²) in [5.74, 6) is 2.14. The van der Waals surface area contributed by atoms with E-state index in [1.807, 2.05) is 49.4 Å². The number of methoxy groups -OCH3 is 1. The van der Waals surface area contributed by atoms with Crippen LogP contribution in [0.4, 0.5) is 0 Å². The molecule has 4 rings (SSSR count). The predicted molar refractivity (Wildman–Crippen MR) is 118 cm³/mol. The number of aryl methyl sites for hydroxylation is 1. The lowest BCUT2D eigenvalue weighted by atomic mass is 10.00.